The van der Waals surface area contributed by atoms with Crippen molar-refractivity contribution in [2.75, 3.05) is 20.2 Å². The smallest absolute Gasteiger partial charge is 0.123 e. The average Bonchev–Trinajstić information content (AvgIpc) is 2.35. The summed E-state index contributed by atoms with van der Waals surface area (Å²) in [4.78, 5) is 0. The highest BCUT2D eigenvalue weighted by Crippen LogP contribution is 2.30. The molecule has 0 amide bonds. The predicted octanol–water partition coefficient (Wildman–Crippen LogP) is 1.88. The van der Waals surface area contributed by atoms with Crippen LogP contribution in [0.3, 0.4) is 0 Å². The SMILES string of the molecule is COc1cccc2c1CNCC2CNC(C)C. The van der Waals surface area contributed by atoms with E-state index in [1.165, 1.54) is 11.1 Å². The van der Waals surface area contributed by atoms with Gasteiger partial charge in [0.1, 0.15) is 5.75 Å². The van der Waals surface area contributed by atoms with Crippen LogP contribution in [0.25, 0.3) is 0 Å². The Bertz CT molecular complexity index is 376. The summed E-state index contributed by atoms with van der Waals surface area (Å²) in [5.41, 5.74) is 2.74. The van der Waals surface area contributed by atoms with E-state index in [1.807, 2.05) is 6.07 Å². The number of nitrogens with one attached hydrogen (secondary N) is 2. The van der Waals surface area contributed by atoms with Crippen LogP contribution < -0.4 is 15.4 Å². The molecular weight excluding hydrogens is 212 g/mol. The molecule has 0 saturated carbocycles. The van der Waals surface area contributed by atoms with Crippen molar-refractivity contribution in [2.45, 2.75) is 32.4 Å². The molecule has 0 bridgehead atoms. The van der Waals surface area contributed by atoms with Crippen molar-refractivity contribution < 1.29 is 4.74 Å². The molecule has 3 nitrogen and oxygen atoms in total. The maximum absolute atomic E-state index is 5.43. The second kappa shape index (κ2) is 5.52. The fourth-order valence-electron chi connectivity index (χ4n) is 2.39. The van der Waals surface area contributed by atoms with Gasteiger partial charge in [0.15, 0.2) is 0 Å². The Hall–Kier alpha value is -1.06. The molecule has 1 heterocycles. The van der Waals surface area contributed by atoms with Crippen LogP contribution in [0.4, 0.5) is 0 Å². The number of methoxy groups -OCH3 is 1. The third kappa shape index (κ3) is 2.79. The topological polar surface area (TPSA) is 33.3 Å². The Labute approximate surface area is 104 Å². The minimum atomic E-state index is 0.533. The summed E-state index contributed by atoms with van der Waals surface area (Å²) in [5, 5.41) is 6.98. The predicted molar refractivity (Wildman–Crippen MR) is 70.6 cm³/mol. The maximum atomic E-state index is 5.43. The average molecular weight is 234 g/mol. The summed E-state index contributed by atoms with van der Waals surface area (Å²) in [6.45, 7) is 7.34. The van der Waals surface area contributed by atoms with E-state index in [2.05, 4.69) is 36.6 Å². The molecule has 17 heavy (non-hydrogen) atoms. The lowest BCUT2D eigenvalue weighted by Gasteiger charge is -2.28. The van der Waals surface area contributed by atoms with Gasteiger partial charge in [0, 0.05) is 37.2 Å². The Morgan fingerprint density at radius 1 is 1.47 bits per heavy atom. The zero-order valence-corrected chi connectivity index (χ0v) is 10.9. The molecule has 0 spiro atoms. The van der Waals surface area contributed by atoms with E-state index in [1.54, 1.807) is 7.11 Å². The third-order valence-corrected chi connectivity index (χ3v) is 3.29. The molecule has 1 aromatic rings. The highest BCUT2D eigenvalue weighted by molar-refractivity contribution is 5.43. The van der Waals surface area contributed by atoms with Gasteiger partial charge in [0.05, 0.1) is 7.11 Å². The molecule has 1 aromatic carbocycles. The molecule has 0 saturated heterocycles. The number of benzene rings is 1. The van der Waals surface area contributed by atoms with E-state index >= 15 is 0 Å². The first-order valence-electron chi connectivity index (χ1n) is 6.32. The molecule has 0 aromatic heterocycles. The van der Waals surface area contributed by atoms with E-state index in [4.69, 9.17) is 4.74 Å². The minimum Gasteiger partial charge on any atom is -0.496 e. The van der Waals surface area contributed by atoms with Crippen LogP contribution in [0.5, 0.6) is 5.75 Å². The van der Waals surface area contributed by atoms with E-state index < -0.39 is 0 Å². The molecule has 2 N–H and O–H groups in total. The number of hydrogen-bond donors (Lipinski definition) is 2. The normalized spacial score (nSPS) is 19.2. The summed E-state index contributed by atoms with van der Waals surface area (Å²) in [7, 11) is 1.74. The Morgan fingerprint density at radius 3 is 3.00 bits per heavy atom. The Balaban J connectivity index is 2.19. The van der Waals surface area contributed by atoms with Crippen LogP contribution in [0.1, 0.15) is 30.9 Å². The van der Waals surface area contributed by atoms with Gasteiger partial charge < -0.3 is 15.4 Å². The van der Waals surface area contributed by atoms with Gasteiger partial charge in [-0.05, 0) is 11.6 Å². The molecular formula is C14H22N2O. The van der Waals surface area contributed by atoms with Crippen molar-refractivity contribution in [3.05, 3.63) is 29.3 Å². The minimum absolute atomic E-state index is 0.533. The van der Waals surface area contributed by atoms with Crippen molar-refractivity contribution in [2.24, 2.45) is 0 Å². The summed E-state index contributed by atoms with van der Waals surface area (Å²) >= 11 is 0. The van der Waals surface area contributed by atoms with Crippen molar-refractivity contribution >= 4 is 0 Å². The van der Waals surface area contributed by atoms with Crippen LogP contribution in [0.15, 0.2) is 18.2 Å². The van der Waals surface area contributed by atoms with E-state index in [0.717, 1.165) is 25.4 Å². The quantitative estimate of drug-likeness (QED) is 0.834. The van der Waals surface area contributed by atoms with Gasteiger partial charge in [0.2, 0.25) is 0 Å². The summed E-state index contributed by atoms with van der Waals surface area (Å²) in [5.74, 6) is 1.54. The first-order chi connectivity index (χ1) is 8.22. The molecule has 94 valence electrons. The highest BCUT2D eigenvalue weighted by atomic mass is 16.5. The van der Waals surface area contributed by atoms with Gasteiger partial charge in [-0.3, -0.25) is 0 Å². The molecule has 1 aliphatic rings. The lowest BCUT2D eigenvalue weighted by Crippen LogP contribution is -2.36. The second-order valence-electron chi connectivity index (χ2n) is 4.92. The van der Waals surface area contributed by atoms with Crippen LogP contribution in [-0.2, 0) is 6.54 Å². The monoisotopic (exact) mass is 234 g/mol. The number of ether oxygens (including phenoxy) is 1. The zero-order chi connectivity index (χ0) is 12.3. The van der Waals surface area contributed by atoms with E-state index in [9.17, 15) is 0 Å². The fourth-order valence-corrected chi connectivity index (χ4v) is 2.39. The second-order valence-corrected chi connectivity index (χ2v) is 4.92. The molecule has 0 fully saturated rings. The summed E-state index contributed by atoms with van der Waals surface area (Å²) in [6.07, 6.45) is 0. The van der Waals surface area contributed by atoms with Crippen molar-refractivity contribution in [1.29, 1.82) is 0 Å². The van der Waals surface area contributed by atoms with Crippen LogP contribution in [-0.4, -0.2) is 26.2 Å². The van der Waals surface area contributed by atoms with Gasteiger partial charge in [-0.15, -0.1) is 0 Å². The lowest BCUT2D eigenvalue weighted by molar-refractivity contribution is 0.398. The van der Waals surface area contributed by atoms with Gasteiger partial charge >= 0.3 is 0 Å². The molecule has 0 aliphatic carbocycles. The van der Waals surface area contributed by atoms with Gasteiger partial charge in [-0.1, -0.05) is 26.0 Å². The molecule has 1 unspecified atom stereocenters. The molecule has 1 aliphatic heterocycles. The lowest BCUT2D eigenvalue weighted by atomic mass is 9.90. The highest BCUT2D eigenvalue weighted by Gasteiger charge is 2.22. The maximum Gasteiger partial charge on any atom is 0.123 e. The van der Waals surface area contributed by atoms with Crippen molar-refractivity contribution in [3.63, 3.8) is 0 Å². The molecule has 1 atom stereocenters. The molecule has 3 heteroatoms. The molecule has 0 radical (unpaired) electrons. The van der Waals surface area contributed by atoms with Gasteiger partial charge in [-0.25, -0.2) is 0 Å². The van der Waals surface area contributed by atoms with Crippen LogP contribution in [0.2, 0.25) is 0 Å². The number of hydrogen-bond acceptors (Lipinski definition) is 3. The van der Waals surface area contributed by atoms with E-state index in [-0.39, 0.29) is 0 Å². The zero-order valence-electron chi connectivity index (χ0n) is 10.9. The Morgan fingerprint density at radius 2 is 2.29 bits per heavy atom. The van der Waals surface area contributed by atoms with Gasteiger partial charge in [0.25, 0.3) is 0 Å². The standard InChI is InChI=1S/C14H22N2O/c1-10(2)16-8-11-7-15-9-13-12(11)5-4-6-14(13)17-3/h4-6,10-11,15-16H,7-9H2,1-3H3. The van der Waals surface area contributed by atoms with Crippen LogP contribution in [0, 0.1) is 0 Å². The number of rotatable bonds is 4. The third-order valence-electron chi connectivity index (χ3n) is 3.29. The summed E-state index contributed by atoms with van der Waals surface area (Å²) < 4.78 is 5.43. The van der Waals surface area contributed by atoms with Crippen LogP contribution >= 0.6 is 0 Å². The summed E-state index contributed by atoms with van der Waals surface area (Å²) in [6, 6.07) is 6.89. The van der Waals surface area contributed by atoms with E-state index in [0.29, 0.717) is 12.0 Å². The Kier molecular flexibility index (Phi) is 4.02. The number of fused-ring (bicyclic) bond motifs is 1. The van der Waals surface area contributed by atoms with Crippen molar-refractivity contribution in [3.8, 4) is 5.75 Å². The largest absolute Gasteiger partial charge is 0.496 e. The van der Waals surface area contributed by atoms with Gasteiger partial charge in [-0.2, -0.15) is 0 Å². The fraction of sp³-hybridized carbons (Fsp3) is 0.571. The first kappa shape index (κ1) is 12.4. The molecule has 2 rings (SSSR count). The van der Waals surface area contributed by atoms with Crippen molar-refractivity contribution in [1.82, 2.24) is 10.6 Å². The first-order valence-corrected chi connectivity index (χ1v) is 6.32.